The van der Waals surface area contributed by atoms with Gasteiger partial charge in [0.25, 0.3) is 0 Å². The summed E-state index contributed by atoms with van der Waals surface area (Å²) in [5.74, 6) is -1.49. The van der Waals surface area contributed by atoms with Crippen molar-refractivity contribution in [1.82, 2.24) is 0 Å². The second-order valence-electron chi connectivity index (χ2n) is 10.4. The molecule has 3 atom stereocenters. The summed E-state index contributed by atoms with van der Waals surface area (Å²) in [6, 6.07) is 22.5. The lowest BCUT2D eigenvalue weighted by molar-refractivity contribution is -0.138. The van der Waals surface area contributed by atoms with Gasteiger partial charge in [0.1, 0.15) is 0 Å². The highest BCUT2D eigenvalue weighted by molar-refractivity contribution is 7.10. The largest absolute Gasteiger partial charge is 0.481 e. The van der Waals surface area contributed by atoms with Crippen LogP contribution in [0.2, 0.25) is 0 Å². The lowest BCUT2D eigenvalue weighted by Crippen LogP contribution is -2.30. The summed E-state index contributed by atoms with van der Waals surface area (Å²) in [6.07, 6.45) is 0.807. The number of hydrogen-bond donors (Lipinski definition) is 3. The van der Waals surface area contributed by atoms with Crippen LogP contribution in [-0.2, 0) is 20.4 Å². The predicted molar refractivity (Wildman–Crippen MR) is 166 cm³/mol. The lowest BCUT2D eigenvalue weighted by atomic mass is 9.74. The van der Waals surface area contributed by atoms with E-state index >= 15 is 0 Å². The minimum Gasteiger partial charge on any atom is -0.481 e. The predicted octanol–water partition coefficient (Wildman–Crippen LogP) is 7.77. The molecule has 0 fully saturated rings. The van der Waals surface area contributed by atoms with Gasteiger partial charge in [-0.1, -0.05) is 70.2 Å². The molecular weight excluding hydrogens is 555 g/mol. The van der Waals surface area contributed by atoms with Gasteiger partial charge in [0.2, 0.25) is 0 Å². The molecule has 2 heterocycles. The van der Waals surface area contributed by atoms with E-state index in [0.717, 1.165) is 9.75 Å². The number of nitriles is 2. The Balaban J connectivity index is 0.000000320. The quantitative estimate of drug-likeness (QED) is 0.205. The minimum atomic E-state index is -0.850. The second-order valence-corrected chi connectivity index (χ2v) is 12.3. The van der Waals surface area contributed by atoms with Gasteiger partial charge in [-0.15, -0.1) is 22.7 Å². The molecule has 4 N–H and O–H groups in total. The molecule has 1 aromatic carbocycles. The number of thiophene rings is 2. The Morgan fingerprint density at radius 1 is 0.756 bits per heavy atom. The maximum absolute atomic E-state index is 10.6. The molecule has 0 aliphatic carbocycles. The van der Waals surface area contributed by atoms with Gasteiger partial charge in [0.15, 0.2) is 0 Å². The summed E-state index contributed by atoms with van der Waals surface area (Å²) in [7, 11) is 0. The highest BCUT2D eigenvalue weighted by Gasteiger charge is 2.38. The van der Waals surface area contributed by atoms with Crippen LogP contribution in [0.3, 0.4) is 0 Å². The molecule has 0 amide bonds. The SMILES string of the molecule is CC(C)C(C#N)(CCC(=O)O)c1cccs1.CC(C)C(C#N)(CCC(=O)O)c1cccs1.C[C@@H](N)c1ccccc1. The molecule has 0 aliphatic heterocycles. The third-order valence-electron chi connectivity index (χ3n) is 7.08. The number of carbonyl (C=O) groups is 2. The highest BCUT2D eigenvalue weighted by atomic mass is 32.1. The van der Waals surface area contributed by atoms with E-state index in [-0.39, 0.29) is 30.7 Å². The van der Waals surface area contributed by atoms with Crippen LogP contribution in [0.15, 0.2) is 65.4 Å². The molecule has 2 unspecified atom stereocenters. The first-order chi connectivity index (χ1) is 19.4. The molecule has 2 aromatic heterocycles. The summed E-state index contributed by atoms with van der Waals surface area (Å²) in [4.78, 5) is 23.2. The first kappa shape index (κ1) is 35.5. The second kappa shape index (κ2) is 17.3. The number of benzene rings is 1. The van der Waals surface area contributed by atoms with Gasteiger partial charge in [0, 0.05) is 28.6 Å². The van der Waals surface area contributed by atoms with E-state index in [1.165, 1.54) is 28.2 Å². The monoisotopic (exact) mass is 595 g/mol. The van der Waals surface area contributed by atoms with Crippen molar-refractivity contribution >= 4 is 34.6 Å². The summed E-state index contributed by atoms with van der Waals surface area (Å²) < 4.78 is 0. The van der Waals surface area contributed by atoms with Crippen LogP contribution in [-0.4, -0.2) is 22.2 Å². The average molecular weight is 596 g/mol. The number of nitrogens with zero attached hydrogens (tertiary/aromatic N) is 2. The summed E-state index contributed by atoms with van der Waals surface area (Å²) in [5.41, 5.74) is 5.49. The Bertz CT molecular complexity index is 1180. The zero-order chi connectivity index (χ0) is 31.1. The summed E-state index contributed by atoms with van der Waals surface area (Å²) in [6.45, 7) is 9.83. The van der Waals surface area contributed by atoms with E-state index in [4.69, 9.17) is 15.9 Å². The first-order valence-electron chi connectivity index (χ1n) is 13.5. The molecule has 41 heavy (non-hydrogen) atoms. The number of aliphatic carboxylic acids is 2. The van der Waals surface area contributed by atoms with Gasteiger partial charge in [-0.2, -0.15) is 10.5 Å². The van der Waals surface area contributed by atoms with E-state index in [1.54, 1.807) is 0 Å². The molecular formula is C32H41N3O4S2. The third-order valence-corrected chi connectivity index (χ3v) is 9.18. The van der Waals surface area contributed by atoms with Crippen molar-refractivity contribution in [2.75, 3.05) is 0 Å². The van der Waals surface area contributed by atoms with Crippen LogP contribution in [0, 0.1) is 34.5 Å². The highest BCUT2D eigenvalue weighted by Crippen LogP contribution is 2.40. The fourth-order valence-electron chi connectivity index (χ4n) is 4.30. The number of carboxylic acids is 2. The van der Waals surface area contributed by atoms with E-state index in [1.807, 2.05) is 100.0 Å². The molecule has 9 heteroatoms. The van der Waals surface area contributed by atoms with Crippen molar-refractivity contribution in [3.63, 3.8) is 0 Å². The maximum Gasteiger partial charge on any atom is 0.303 e. The van der Waals surface area contributed by atoms with Gasteiger partial charge >= 0.3 is 11.9 Å². The van der Waals surface area contributed by atoms with Crippen LogP contribution in [0.4, 0.5) is 0 Å². The smallest absolute Gasteiger partial charge is 0.303 e. The third kappa shape index (κ3) is 10.4. The van der Waals surface area contributed by atoms with Crippen LogP contribution in [0.5, 0.6) is 0 Å². The molecule has 3 rings (SSSR count). The van der Waals surface area contributed by atoms with Crippen LogP contribution in [0.1, 0.15) is 81.7 Å². The number of hydrogen-bond acceptors (Lipinski definition) is 7. The zero-order valence-corrected chi connectivity index (χ0v) is 26.0. The van der Waals surface area contributed by atoms with Gasteiger partial charge < -0.3 is 15.9 Å². The fourth-order valence-corrected chi connectivity index (χ4v) is 6.41. The van der Waals surface area contributed by atoms with Gasteiger partial charge in [-0.25, -0.2) is 0 Å². The molecule has 0 saturated carbocycles. The molecule has 7 nitrogen and oxygen atoms in total. The number of rotatable bonds is 11. The Morgan fingerprint density at radius 3 is 1.37 bits per heavy atom. The molecule has 3 aromatic rings. The fraction of sp³-hybridized carbons (Fsp3) is 0.438. The van der Waals surface area contributed by atoms with Crippen molar-refractivity contribution < 1.29 is 19.8 Å². The van der Waals surface area contributed by atoms with E-state index < -0.39 is 22.8 Å². The summed E-state index contributed by atoms with van der Waals surface area (Å²) in [5, 5.41) is 40.1. The standard InChI is InChI=1S/2C12H15NO2S.C8H11N/c2*1-9(2)12(8-13,6-5-11(14)15)10-4-3-7-16-10;1-7(9)8-5-3-2-4-6-8/h2*3-4,7,9H,5-6H2,1-2H3,(H,14,15);2-7H,9H2,1H3/t;;7-/m..1/s1. The van der Waals surface area contributed by atoms with Crippen LogP contribution < -0.4 is 5.73 Å². The van der Waals surface area contributed by atoms with Crippen molar-refractivity contribution in [2.45, 2.75) is 77.2 Å². The van der Waals surface area contributed by atoms with Gasteiger partial charge in [-0.05, 0) is 60.1 Å². The van der Waals surface area contributed by atoms with Crippen molar-refractivity contribution in [1.29, 1.82) is 10.5 Å². The zero-order valence-electron chi connectivity index (χ0n) is 24.4. The van der Waals surface area contributed by atoms with Crippen molar-refractivity contribution in [2.24, 2.45) is 17.6 Å². The van der Waals surface area contributed by atoms with E-state index in [2.05, 4.69) is 12.1 Å². The van der Waals surface area contributed by atoms with Crippen molar-refractivity contribution in [3.8, 4) is 12.1 Å². The molecule has 0 saturated heterocycles. The Labute approximate surface area is 251 Å². The summed E-state index contributed by atoms with van der Waals surface area (Å²) >= 11 is 3.04. The average Bonchev–Trinajstić information content (AvgIpc) is 3.67. The Morgan fingerprint density at radius 2 is 1.15 bits per heavy atom. The van der Waals surface area contributed by atoms with Crippen LogP contribution >= 0.6 is 22.7 Å². The molecule has 0 radical (unpaired) electrons. The Hall–Kier alpha value is -3.50. The first-order valence-corrected chi connectivity index (χ1v) is 15.3. The topological polar surface area (TPSA) is 148 Å². The Kier molecular flexibility index (Phi) is 15.0. The molecule has 220 valence electrons. The molecule has 0 aliphatic rings. The molecule has 0 spiro atoms. The normalized spacial score (nSPS) is 14.1. The van der Waals surface area contributed by atoms with Gasteiger partial charge in [0.05, 0.1) is 23.0 Å². The van der Waals surface area contributed by atoms with Crippen LogP contribution in [0.25, 0.3) is 0 Å². The maximum atomic E-state index is 10.6. The number of carboxylic acid groups (broad SMARTS) is 2. The molecule has 0 bridgehead atoms. The van der Waals surface area contributed by atoms with Gasteiger partial charge in [-0.3, -0.25) is 9.59 Å². The number of nitrogens with two attached hydrogens (primary N) is 1. The van der Waals surface area contributed by atoms with Crippen molar-refractivity contribution in [3.05, 3.63) is 80.7 Å². The minimum absolute atomic E-state index is 0.0314. The van der Waals surface area contributed by atoms with E-state index in [9.17, 15) is 20.1 Å². The lowest BCUT2D eigenvalue weighted by Gasteiger charge is -2.29. The van der Waals surface area contributed by atoms with E-state index in [0.29, 0.717) is 12.8 Å².